The normalized spacial score (nSPS) is 26.4. The quantitative estimate of drug-likeness (QED) is 0.586. The Morgan fingerprint density at radius 1 is 1.08 bits per heavy atom. The van der Waals surface area contributed by atoms with E-state index in [-0.39, 0.29) is 23.5 Å². The third kappa shape index (κ3) is 2.68. The van der Waals surface area contributed by atoms with Crippen molar-refractivity contribution in [3.05, 3.63) is 46.5 Å². The van der Waals surface area contributed by atoms with E-state index >= 15 is 0 Å². The topological polar surface area (TPSA) is 52.6 Å². The smallest absolute Gasteiger partial charge is 0.308 e. The molecule has 3 aliphatic rings. The van der Waals surface area contributed by atoms with Gasteiger partial charge in [0.25, 0.3) is 0 Å². The minimum Gasteiger partial charge on any atom is -0.461 e. The highest BCUT2D eigenvalue weighted by Crippen LogP contribution is 2.56. The van der Waals surface area contributed by atoms with Crippen molar-refractivity contribution in [2.45, 2.75) is 59.0 Å². The average molecular weight is 352 g/mol. The van der Waals surface area contributed by atoms with Crippen molar-refractivity contribution in [1.82, 2.24) is 0 Å². The predicted molar refractivity (Wildman–Crippen MR) is 98.6 cm³/mol. The van der Waals surface area contributed by atoms with E-state index < -0.39 is 0 Å². The van der Waals surface area contributed by atoms with Gasteiger partial charge in [-0.05, 0) is 65.7 Å². The molecule has 1 aromatic rings. The molecule has 0 aliphatic heterocycles. The molecule has 0 saturated heterocycles. The summed E-state index contributed by atoms with van der Waals surface area (Å²) in [5.41, 5.74) is 6.68. The number of hydrogen-bond acceptors (Lipinski definition) is 4. The van der Waals surface area contributed by atoms with Crippen LogP contribution in [0.25, 0.3) is 5.57 Å². The predicted octanol–water partition coefficient (Wildman–Crippen LogP) is 4.37. The highest BCUT2D eigenvalue weighted by molar-refractivity contribution is 5.80. The van der Waals surface area contributed by atoms with Gasteiger partial charge in [0.2, 0.25) is 0 Å². The Morgan fingerprint density at radius 3 is 2.62 bits per heavy atom. The summed E-state index contributed by atoms with van der Waals surface area (Å²) >= 11 is 0. The van der Waals surface area contributed by atoms with E-state index in [4.69, 9.17) is 9.47 Å². The Hall–Kier alpha value is -2.36. The molecule has 26 heavy (non-hydrogen) atoms. The third-order valence-corrected chi connectivity index (χ3v) is 6.06. The second kappa shape index (κ2) is 6.11. The van der Waals surface area contributed by atoms with Crippen molar-refractivity contribution in [2.24, 2.45) is 5.41 Å². The van der Waals surface area contributed by atoms with E-state index in [1.54, 1.807) is 0 Å². The molecule has 4 nitrogen and oxygen atoms in total. The van der Waals surface area contributed by atoms with Gasteiger partial charge in [0.15, 0.2) is 0 Å². The van der Waals surface area contributed by atoms with Gasteiger partial charge in [-0.3, -0.25) is 9.59 Å². The SMILES string of the molecule is CC(=O)Oc1ccc2c(c1)CCC1=C2CC[C@]2(C)C1=CC[C@@H]2OC(C)=O. The summed E-state index contributed by atoms with van der Waals surface area (Å²) in [5, 5.41) is 0. The minimum atomic E-state index is -0.290. The number of allylic oxidation sites excluding steroid dienone is 2. The number of carbonyl (C=O) groups excluding carboxylic acids is 2. The lowest BCUT2D eigenvalue weighted by Crippen LogP contribution is -2.36. The molecular weight excluding hydrogens is 328 g/mol. The molecule has 0 heterocycles. The molecule has 0 amide bonds. The van der Waals surface area contributed by atoms with Crippen LogP contribution in [0.5, 0.6) is 5.75 Å². The van der Waals surface area contributed by atoms with Crippen LogP contribution in [0.1, 0.15) is 57.6 Å². The van der Waals surface area contributed by atoms with Crippen LogP contribution in [-0.2, 0) is 20.7 Å². The number of benzene rings is 1. The zero-order valence-electron chi connectivity index (χ0n) is 15.6. The molecule has 3 aliphatic carbocycles. The lowest BCUT2D eigenvalue weighted by Gasteiger charge is -2.41. The molecule has 0 N–H and O–H groups in total. The lowest BCUT2D eigenvalue weighted by molar-refractivity contribution is -0.150. The van der Waals surface area contributed by atoms with Crippen molar-refractivity contribution in [2.75, 3.05) is 0 Å². The third-order valence-electron chi connectivity index (χ3n) is 6.06. The summed E-state index contributed by atoms with van der Waals surface area (Å²) in [5.74, 6) is 0.135. The number of ether oxygens (including phenoxy) is 2. The number of carbonyl (C=O) groups is 2. The minimum absolute atomic E-state index is 0.0446. The van der Waals surface area contributed by atoms with Gasteiger partial charge in [-0.25, -0.2) is 0 Å². The molecule has 4 rings (SSSR count). The van der Waals surface area contributed by atoms with Crippen LogP contribution in [0.15, 0.2) is 35.4 Å². The number of fused-ring (bicyclic) bond motifs is 4. The van der Waals surface area contributed by atoms with E-state index in [9.17, 15) is 9.59 Å². The van der Waals surface area contributed by atoms with Gasteiger partial charge in [-0.2, -0.15) is 0 Å². The van der Waals surface area contributed by atoms with Gasteiger partial charge in [-0.15, -0.1) is 0 Å². The van der Waals surface area contributed by atoms with Gasteiger partial charge in [-0.1, -0.05) is 19.1 Å². The summed E-state index contributed by atoms with van der Waals surface area (Å²) in [6.07, 6.45) is 6.94. The number of rotatable bonds is 2. The fourth-order valence-corrected chi connectivity index (χ4v) is 4.88. The Balaban J connectivity index is 1.69. The first-order valence-corrected chi connectivity index (χ1v) is 9.30. The monoisotopic (exact) mass is 352 g/mol. The Bertz CT molecular complexity index is 861. The van der Waals surface area contributed by atoms with Crippen LogP contribution in [0, 0.1) is 5.41 Å². The maximum atomic E-state index is 11.5. The van der Waals surface area contributed by atoms with E-state index in [1.165, 1.54) is 41.7 Å². The van der Waals surface area contributed by atoms with Gasteiger partial charge < -0.3 is 9.47 Å². The standard InChI is InChI=1S/C22H24O4/c1-13(23)25-16-5-7-17-15(12-16)4-6-19-18(17)10-11-22(3)20(19)8-9-21(22)26-14(2)24/h5,7-8,12,21H,4,6,9-11H2,1-3H3/t21-,22+/m0/s1. The van der Waals surface area contributed by atoms with Crippen LogP contribution in [-0.4, -0.2) is 18.0 Å². The fourth-order valence-electron chi connectivity index (χ4n) is 4.88. The fraction of sp³-hybridized carbons (Fsp3) is 0.455. The van der Waals surface area contributed by atoms with Crippen molar-refractivity contribution in [3.63, 3.8) is 0 Å². The van der Waals surface area contributed by atoms with E-state index in [1.807, 2.05) is 12.1 Å². The zero-order chi connectivity index (χ0) is 18.5. The number of esters is 2. The molecule has 136 valence electrons. The summed E-state index contributed by atoms with van der Waals surface area (Å²) in [4.78, 5) is 22.7. The van der Waals surface area contributed by atoms with Crippen LogP contribution in [0.3, 0.4) is 0 Å². The van der Waals surface area contributed by atoms with Crippen LogP contribution in [0.4, 0.5) is 0 Å². The molecule has 0 radical (unpaired) electrons. The summed E-state index contributed by atoms with van der Waals surface area (Å²) in [6, 6.07) is 5.97. The van der Waals surface area contributed by atoms with Crippen LogP contribution >= 0.6 is 0 Å². The second-order valence-corrected chi connectivity index (χ2v) is 7.74. The Morgan fingerprint density at radius 2 is 1.88 bits per heavy atom. The average Bonchev–Trinajstić information content (AvgIpc) is 2.90. The molecule has 2 atom stereocenters. The molecule has 0 unspecified atom stereocenters. The maximum absolute atomic E-state index is 11.5. The molecule has 0 spiro atoms. The zero-order valence-corrected chi connectivity index (χ0v) is 15.6. The van der Waals surface area contributed by atoms with Gasteiger partial charge in [0.1, 0.15) is 11.9 Å². The maximum Gasteiger partial charge on any atom is 0.308 e. The molecule has 0 bridgehead atoms. The lowest BCUT2D eigenvalue weighted by atomic mass is 9.65. The van der Waals surface area contributed by atoms with Crippen LogP contribution in [0.2, 0.25) is 0 Å². The van der Waals surface area contributed by atoms with Gasteiger partial charge in [0, 0.05) is 25.7 Å². The molecule has 0 saturated carbocycles. The second-order valence-electron chi connectivity index (χ2n) is 7.74. The van der Waals surface area contributed by atoms with Crippen molar-refractivity contribution in [3.8, 4) is 5.75 Å². The molecule has 1 aromatic carbocycles. The largest absolute Gasteiger partial charge is 0.461 e. The van der Waals surface area contributed by atoms with Crippen LogP contribution < -0.4 is 4.74 Å². The first-order valence-electron chi connectivity index (χ1n) is 9.30. The summed E-state index contributed by atoms with van der Waals surface area (Å²) in [7, 11) is 0. The summed E-state index contributed by atoms with van der Waals surface area (Å²) in [6.45, 7) is 5.16. The molecule has 4 heteroatoms. The first kappa shape index (κ1) is 17.1. The Kier molecular flexibility index (Phi) is 4.02. The number of aryl methyl sites for hydroxylation is 1. The van der Waals surface area contributed by atoms with Gasteiger partial charge >= 0.3 is 11.9 Å². The van der Waals surface area contributed by atoms with E-state index in [0.717, 1.165) is 32.1 Å². The van der Waals surface area contributed by atoms with Gasteiger partial charge in [0.05, 0.1) is 0 Å². The van der Waals surface area contributed by atoms with Crippen molar-refractivity contribution < 1.29 is 19.1 Å². The molecule has 0 fully saturated rings. The van der Waals surface area contributed by atoms with E-state index in [0.29, 0.717) is 5.75 Å². The molecule has 0 aromatic heterocycles. The molecular formula is C22H24O4. The highest BCUT2D eigenvalue weighted by atomic mass is 16.5. The van der Waals surface area contributed by atoms with Crippen molar-refractivity contribution in [1.29, 1.82) is 0 Å². The number of hydrogen-bond donors (Lipinski definition) is 0. The summed E-state index contributed by atoms with van der Waals surface area (Å²) < 4.78 is 10.9. The first-order chi connectivity index (χ1) is 12.4. The van der Waals surface area contributed by atoms with E-state index in [2.05, 4.69) is 19.1 Å². The highest BCUT2D eigenvalue weighted by Gasteiger charge is 2.47. The Labute approximate surface area is 153 Å². The van der Waals surface area contributed by atoms with Crippen molar-refractivity contribution >= 4 is 17.5 Å².